The average molecular weight is 409 g/mol. The molecule has 0 N–H and O–H groups in total. The van der Waals surface area contributed by atoms with Crippen LogP contribution in [0.5, 0.6) is 0 Å². The minimum Gasteiger partial charge on any atom is -0.207 e. The fourth-order valence-electron chi connectivity index (χ4n) is 1.85. The first-order valence-corrected chi connectivity index (χ1v) is 9.93. The normalized spacial score (nSPS) is 12.0. The molecule has 0 saturated carbocycles. The summed E-state index contributed by atoms with van der Waals surface area (Å²) in [6.07, 6.45) is 0.713. The lowest BCUT2D eigenvalue weighted by Crippen LogP contribution is -2.29. The average Bonchev–Trinajstić information content (AvgIpc) is 2.97. The third-order valence-electron chi connectivity index (χ3n) is 3.09. The smallest absolute Gasteiger partial charge is 0.207 e. The largest absolute Gasteiger partial charge is 0.243 e. The number of rotatable bonds is 6. The molecule has 0 unspecified atom stereocenters. The van der Waals surface area contributed by atoms with Gasteiger partial charge in [-0.15, -0.1) is 22.9 Å². The van der Waals surface area contributed by atoms with Gasteiger partial charge in [0.25, 0.3) is 0 Å². The fourth-order valence-corrected chi connectivity index (χ4v) is 4.96. The molecular weight excluding hydrogens is 394 g/mol. The van der Waals surface area contributed by atoms with Crippen molar-refractivity contribution in [1.82, 2.24) is 4.31 Å². The van der Waals surface area contributed by atoms with Crippen LogP contribution in [-0.4, -0.2) is 26.3 Å². The van der Waals surface area contributed by atoms with Crippen LogP contribution in [0.1, 0.15) is 10.4 Å². The van der Waals surface area contributed by atoms with Gasteiger partial charge in [-0.1, -0.05) is 12.1 Å². The van der Waals surface area contributed by atoms with Gasteiger partial charge >= 0.3 is 0 Å². The first kappa shape index (κ1) is 17.0. The lowest BCUT2D eigenvalue weighted by molar-refractivity contribution is 0.473. The molecule has 2 rings (SSSR count). The number of halogens is 2. The molecule has 0 spiro atoms. The van der Waals surface area contributed by atoms with E-state index >= 15 is 0 Å². The number of sulfonamides is 1. The monoisotopic (exact) mass is 407 g/mol. The zero-order valence-electron chi connectivity index (χ0n) is 11.4. The van der Waals surface area contributed by atoms with Gasteiger partial charge in [-0.3, -0.25) is 0 Å². The Balaban J connectivity index is 2.16. The van der Waals surface area contributed by atoms with E-state index in [9.17, 15) is 8.42 Å². The van der Waals surface area contributed by atoms with E-state index in [4.69, 9.17) is 11.6 Å². The summed E-state index contributed by atoms with van der Waals surface area (Å²) in [5, 5.41) is 1.99. The Bertz CT molecular complexity index is 702. The molecule has 0 radical (unpaired) electrons. The molecule has 7 heteroatoms. The van der Waals surface area contributed by atoms with Gasteiger partial charge in [0.05, 0.1) is 4.90 Å². The second-order valence-corrected chi connectivity index (χ2v) is 8.72. The van der Waals surface area contributed by atoms with E-state index in [0.29, 0.717) is 23.3 Å². The van der Waals surface area contributed by atoms with Gasteiger partial charge in [-0.2, -0.15) is 0 Å². The van der Waals surface area contributed by atoms with Gasteiger partial charge in [0.15, 0.2) is 0 Å². The van der Waals surface area contributed by atoms with Crippen molar-refractivity contribution in [3.8, 4) is 0 Å². The molecule has 1 heterocycles. The molecule has 0 fully saturated rings. The Morgan fingerprint density at radius 1 is 1.33 bits per heavy atom. The number of hydrogen-bond donors (Lipinski definition) is 0. The molecule has 0 aliphatic heterocycles. The summed E-state index contributed by atoms with van der Waals surface area (Å²) in [5.74, 6) is 0.354. The van der Waals surface area contributed by atoms with Crippen LogP contribution >= 0.6 is 38.9 Å². The maximum Gasteiger partial charge on any atom is 0.243 e. The molecular formula is C14H15BrClNO2S2. The van der Waals surface area contributed by atoms with Crippen LogP contribution in [0.2, 0.25) is 0 Å². The van der Waals surface area contributed by atoms with E-state index in [1.807, 2.05) is 17.5 Å². The minimum absolute atomic E-state index is 0.269. The maximum atomic E-state index is 12.6. The van der Waals surface area contributed by atoms with Crippen molar-refractivity contribution in [1.29, 1.82) is 0 Å². The number of nitrogens with zero attached hydrogens (tertiary/aromatic N) is 1. The van der Waals surface area contributed by atoms with Gasteiger partial charge in [0.1, 0.15) is 0 Å². The Labute approximate surface area is 142 Å². The van der Waals surface area contributed by atoms with Crippen molar-refractivity contribution in [2.45, 2.75) is 17.2 Å². The van der Waals surface area contributed by atoms with Crippen LogP contribution in [0, 0.1) is 0 Å². The van der Waals surface area contributed by atoms with E-state index in [1.54, 1.807) is 36.6 Å². The summed E-state index contributed by atoms with van der Waals surface area (Å²) in [6, 6.07) is 9.05. The molecule has 0 aliphatic rings. The zero-order valence-corrected chi connectivity index (χ0v) is 15.4. The summed E-state index contributed by atoms with van der Waals surface area (Å²) in [5.41, 5.74) is 0.878. The standard InChI is InChI=1S/C14H15BrClNO2S2/c1-17(7-6-12-3-2-8-20-12)21(18,19)14-5-4-11(10-16)9-13(14)15/h2-5,8-9H,6-7,10H2,1H3. The van der Waals surface area contributed by atoms with Crippen molar-refractivity contribution < 1.29 is 8.42 Å². The summed E-state index contributed by atoms with van der Waals surface area (Å²) < 4.78 is 27.1. The highest BCUT2D eigenvalue weighted by atomic mass is 79.9. The molecule has 0 saturated heterocycles. The van der Waals surface area contributed by atoms with Crippen molar-refractivity contribution >= 4 is 48.9 Å². The maximum absolute atomic E-state index is 12.6. The van der Waals surface area contributed by atoms with E-state index in [2.05, 4.69) is 15.9 Å². The highest BCUT2D eigenvalue weighted by molar-refractivity contribution is 9.10. The highest BCUT2D eigenvalue weighted by Crippen LogP contribution is 2.26. The summed E-state index contributed by atoms with van der Waals surface area (Å²) in [4.78, 5) is 1.44. The third kappa shape index (κ3) is 4.07. The van der Waals surface area contributed by atoms with Gasteiger partial charge < -0.3 is 0 Å². The minimum atomic E-state index is -3.50. The predicted octanol–water partition coefficient (Wildman–Crippen LogP) is 4.11. The molecule has 0 aliphatic carbocycles. The van der Waals surface area contributed by atoms with Crippen LogP contribution in [0.25, 0.3) is 0 Å². The topological polar surface area (TPSA) is 37.4 Å². The Kier molecular flexibility index (Phi) is 5.85. The van der Waals surface area contributed by atoms with Gasteiger partial charge in [-0.25, -0.2) is 12.7 Å². The fraction of sp³-hybridized carbons (Fsp3) is 0.286. The quantitative estimate of drug-likeness (QED) is 0.674. The number of hydrogen-bond acceptors (Lipinski definition) is 3. The first-order valence-electron chi connectivity index (χ1n) is 6.28. The van der Waals surface area contributed by atoms with Gasteiger partial charge in [0, 0.05) is 28.8 Å². The van der Waals surface area contributed by atoms with Crippen molar-refractivity contribution in [2.24, 2.45) is 0 Å². The van der Waals surface area contributed by atoms with Crippen molar-refractivity contribution in [3.63, 3.8) is 0 Å². The predicted molar refractivity (Wildman–Crippen MR) is 91.5 cm³/mol. The van der Waals surface area contributed by atoms with Crippen molar-refractivity contribution in [3.05, 3.63) is 50.6 Å². The molecule has 3 nitrogen and oxygen atoms in total. The molecule has 21 heavy (non-hydrogen) atoms. The zero-order chi connectivity index (χ0) is 15.5. The van der Waals surface area contributed by atoms with Crippen LogP contribution in [0.4, 0.5) is 0 Å². The summed E-state index contributed by atoms with van der Waals surface area (Å²) in [7, 11) is -1.90. The summed E-state index contributed by atoms with van der Waals surface area (Å²) in [6.45, 7) is 0.451. The van der Waals surface area contributed by atoms with Crippen LogP contribution < -0.4 is 0 Å². The van der Waals surface area contributed by atoms with Crippen LogP contribution in [-0.2, 0) is 22.3 Å². The first-order chi connectivity index (χ1) is 9.95. The Morgan fingerprint density at radius 2 is 2.10 bits per heavy atom. The van der Waals surface area contributed by atoms with Crippen LogP contribution in [0.15, 0.2) is 45.1 Å². The van der Waals surface area contributed by atoms with Crippen molar-refractivity contribution in [2.75, 3.05) is 13.6 Å². The van der Waals surface area contributed by atoms with E-state index < -0.39 is 10.0 Å². The second-order valence-electron chi connectivity index (χ2n) is 4.55. The van der Waals surface area contributed by atoms with E-state index in [0.717, 1.165) is 5.56 Å². The molecule has 1 aromatic carbocycles. The Morgan fingerprint density at radius 3 is 2.67 bits per heavy atom. The molecule has 1 aromatic heterocycles. The van der Waals surface area contributed by atoms with Gasteiger partial charge in [-0.05, 0) is 51.5 Å². The molecule has 0 atom stereocenters. The number of likely N-dealkylation sites (N-methyl/N-ethyl adjacent to an activating group) is 1. The SMILES string of the molecule is CN(CCc1cccs1)S(=O)(=O)c1ccc(CCl)cc1Br. The molecule has 0 amide bonds. The molecule has 2 aromatic rings. The Hall–Kier alpha value is -0.400. The highest BCUT2D eigenvalue weighted by Gasteiger charge is 2.23. The molecule has 114 valence electrons. The van der Waals surface area contributed by atoms with Gasteiger partial charge in [0.2, 0.25) is 10.0 Å². The van der Waals surface area contributed by atoms with Crippen LogP contribution in [0.3, 0.4) is 0 Å². The molecule has 0 bridgehead atoms. The van der Waals surface area contributed by atoms with E-state index in [-0.39, 0.29) is 4.90 Å². The van der Waals surface area contributed by atoms with E-state index in [1.165, 1.54) is 9.18 Å². The number of thiophene rings is 1. The number of benzene rings is 1. The third-order valence-corrected chi connectivity index (χ3v) is 7.17. The second kappa shape index (κ2) is 7.24. The summed E-state index contributed by atoms with van der Waals surface area (Å²) >= 11 is 10.7. The lowest BCUT2D eigenvalue weighted by atomic mass is 10.2. The lowest BCUT2D eigenvalue weighted by Gasteiger charge is -2.18. The number of alkyl halides is 1.